The molecule has 4 N–H and O–H groups in total. The van der Waals surface area contributed by atoms with Crippen LogP contribution in [0.5, 0.6) is 0 Å². The van der Waals surface area contributed by atoms with Gasteiger partial charge in [0.1, 0.15) is 5.56 Å². The van der Waals surface area contributed by atoms with E-state index in [2.05, 4.69) is 20.3 Å². The lowest BCUT2D eigenvalue weighted by Crippen LogP contribution is -2.13. The van der Waals surface area contributed by atoms with Gasteiger partial charge in [-0.1, -0.05) is 68.1 Å². The molecule has 13 nitrogen and oxygen atoms in total. The number of carbonyl (C=O) groups is 4. The van der Waals surface area contributed by atoms with Gasteiger partial charge in [0.25, 0.3) is 5.91 Å². The monoisotopic (exact) mass is 996 g/mol. The molecule has 2 atom stereocenters. The van der Waals surface area contributed by atoms with Crippen LogP contribution in [0.25, 0.3) is 11.0 Å². The van der Waals surface area contributed by atoms with Crippen molar-refractivity contribution in [2.75, 3.05) is 25.3 Å². The van der Waals surface area contributed by atoms with Gasteiger partial charge in [-0.05, 0) is 121 Å². The summed E-state index contributed by atoms with van der Waals surface area (Å²) in [4.78, 5) is 47.2. The summed E-state index contributed by atoms with van der Waals surface area (Å²) in [5.41, 5.74) is 11.2. The van der Waals surface area contributed by atoms with Crippen molar-refractivity contribution in [2.24, 2.45) is 0 Å². The van der Waals surface area contributed by atoms with Crippen LogP contribution >= 0.6 is 0 Å². The number of halogens is 6. The predicted octanol–water partition coefficient (Wildman–Crippen LogP) is 11.3. The zero-order chi connectivity index (χ0) is 51.6. The first-order valence-corrected chi connectivity index (χ1v) is 21.6. The minimum atomic E-state index is -4.40. The number of nitrogens with one attached hydrogen (secondary N) is 1. The Kier molecular flexibility index (Phi) is 17.7. The van der Waals surface area contributed by atoms with E-state index < -0.39 is 35.4 Å². The number of carboxylic acid groups (broad SMARTS) is 1. The molecule has 8 aromatic rings. The number of ether oxygens (including phenoxy) is 2. The summed E-state index contributed by atoms with van der Waals surface area (Å²) >= 11 is 0. The van der Waals surface area contributed by atoms with Gasteiger partial charge in [0.2, 0.25) is 0 Å². The van der Waals surface area contributed by atoms with Crippen LogP contribution in [0.15, 0.2) is 146 Å². The van der Waals surface area contributed by atoms with E-state index in [1.807, 2.05) is 18.2 Å². The van der Waals surface area contributed by atoms with Crippen LogP contribution in [0, 0.1) is 0 Å². The second-order valence-electron chi connectivity index (χ2n) is 16.1. The maximum absolute atomic E-state index is 13.1. The lowest BCUT2D eigenvalue weighted by molar-refractivity contribution is -0.142. The highest BCUT2D eigenvalue weighted by molar-refractivity contribution is 6.09. The Balaban J connectivity index is 0.000000223. The molecule has 72 heavy (non-hydrogen) atoms. The van der Waals surface area contributed by atoms with Crippen molar-refractivity contribution in [3.8, 4) is 0 Å². The molecule has 8 rings (SSSR count). The minimum Gasteiger partial charge on any atom is -0.478 e. The van der Waals surface area contributed by atoms with E-state index in [0.717, 1.165) is 41.0 Å². The minimum absolute atomic E-state index is 0. The van der Waals surface area contributed by atoms with Gasteiger partial charge in [0, 0.05) is 23.8 Å². The second kappa shape index (κ2) is 23.4. The molecule has 4 aromatic carbocycles. The van der Waals surface area contributed by atoms with E-state index in [1.54, 1.807) is 85.4 Å². The molecule has 1 amide bonds. The lowest BCUT2D eigenvalue weighted by Gasteiger charge is -2.11. The van der Waals surface area contributed by atoms with Crippen molar-refractivity contribution in [1.29, 1.82) is 0 Å². The van der Waals surface area contributed by atoms with Crippen molar-refractivity contribution in [3.63, 3.8) is 0 Å². The SMILES string of the molecule is C.COC(=O)C(C)c1ccc(N)cc1.COC(=O)C(C)c1ccc(NC(=O)c2cnn3cccc(Cc4ccc(C(F)(F)F)cc4)c23)cc1.O=C(O)c1cnn2cccc(Cc3ccc(C(F)(F)F)cc3)c12. The summed E-state index contributed by atoms with van der Waals surface area (Å²) in [6.45, 7) is 3.54. The number of pyridine rings is 2. The molecule has 0 fully saturated rings. The Morgan fingerprint density at radius 2 is 1.00 bits per heavy atom. The molecule has 0 aliphatic carbocycles. The van der Waals surface area contributed by atoms with Gasteiger partial charge in [-0.3, -0.25) is 14.4 Å². The predicted molar refractivity (Wildman–Crippen MR) is 259 cm³/mol. The van der Waals surface area contributed by atoms with Crippen molar-refractivity contribution in [3.05, 3.63) is 202 Å². The fraction of sp³-hybridized carbons (Fsp3) is 0.208. The van der Waals surface area contributed by atoms with Crippen LogP contribution in [0.3, 0.4) is 0 Å². The number of nitrogen functional groups attached to an aromatic ring is 1. The number of aromatic carboxylic acids is 1. The number of nitrogens with two attached hydrogens (primary N) is 1. The molecule has 4 aromatic heterocycles. The van der Waals surface area contributed by atoms with Crippen LogP contribution in [-0.2, 0) is 44.3 Å². The Labute approximate surface area is 409 Å². The van der Waals surface area contributed by atoms with Gasteiger partial charge in [-0.15, -0.1) is 0 Å². The molecular formula is C53H50F6N6O7. The van der Waals surface area contributed by atoms with E-state index in [9.17, 15) is 50.6 Å². The fourth-order valence-electron chi connectivity index (χ4n) is 7.36. The van der Waals surface area contributed by atoms with E-state index in [-0.39, 0.29) is 36.8 Å². The van der Waals surface area contributed by atoms with Gasteiger partial charge in [0.15, 0.2) is 0 Å². The third-order valence-corrected chi connectivity index (χ3v) is 11.3. The summed E-state index contributed by atoms with van der Waals surface area (Å²) in [6.07, 6.45) is -2.10. The molecule has 2 unspecified atom stereocenters. The topological polar surface area (TPSA) is 180 Å². The van der Waals surface area contributed by atoms with Crippen molar-refractivity contribution >= 4 is 46.2 Å². The molecule has 376 valence electrons. The van der Waals surface area contributed by atoms with Crippen molar-refractivity contribution in [2.45, 2.75) is 58.3 Å². The number of anilines is 2. The number of hydrogen-bond acceptors (Lipinski definition) is 9. The average molecular weight is 997 g/mol. The van der Waals surface area contributed by atoms with Crippen LogP contribution in [-0.4, -0.2) is 62.4 Å². The van der Waals surface area contributed by atoms with Crippen LogP contribution in [0.1, 0.15) is 98.3 Å². The molecule has 0 saturated carbocycles. The van der Waals surface area contributed by atoms with E-state index in [1.165, 1.54) is 55.4 Å². The molecule has 0 spiro atoms. The number of amides is 1. The third kappa shape index (κ3) is 13.4. The maximum Gasteiger partial charge on any atom is 0.416 e. The van der Waals surface area contributed by atoms with Gasteiger partial charge in [-0.25, -0.2) is 13.8 Å². The van der Waals surface area contributed by atoms with Crippen molar-refractivity contribution in [1.82, 2.24) is 19.2 Å². The van der Waals surface area contributed by atoms with Gasteiger partial charge >= 0.3 is 30.3 Å². The first-order valence-electron chi connectivity index (χ1n) is 21.6. The largest absolute Gasteiger partial charge is 0.478 e. The molecule has 0 aliphatic rings. The summed E-state index contributed by atoms with van der Waals surface area (Å²) in [7, 11) is 2.71. The van der Waals surface area contributed by atoms with E-state index >= 15 is 0 Å². The number of fused-ring (bicyclic) bond motifs is 2. The first-order chi connectivity index (χ1) is 33.7. The molecule has 0 radical (unpaired) electrons. The molecular weight excluding hydrogens is 947 g/mol. The van der Waals surface area contributed by atoms with Gasteiger partial charge in [-0.2, -0.15) is 36.5 Å². The Morgan fingerprint density at radius 1 is 0.611 bits per heavy atom. The Bertz CT molecular complexity index is 3130. The van der Waals surface area contributed by atoms with E-state index in [0.29, 0.717) is 57.5 Å². The Morgan fingerprint density at radius 3 is 1.39 bits per heavy atom. The highest BCUT2D eigenvalue weighted by atomic mass is 19.4. The summed E-state index contributed by atoms with van der Waals surface area (Å²) in [5.74, 6) is -2.73. The number of carboxylic acids is 1. The summed E-state index contributed by atoms with van der Waals surface area (Å²) in [5, 5.41) is 20.3. The molecule has 0 saturated heterocycles. The normalized spacial score (nSPS) is 12.0. The second-order valence-corrected chi connectivity index (χ2v) is 16.1. The number of alkyl halides is 6. The lowest BCUT2D eigenvalue weighted by atomic mass is 10.0. The fourth-order valence-corrected chi connectivity index (χ4v) is 7.36. The van der Waals surface area contributed by atoms with Crippen LogP contribution in [0.4, 0.5) is 37.7 Å². The summed E-state index contributed by atoms with van der Waals surface area (Å²) in [6, 6.07) is 30.9. The standard InChI is InChI=1S/C26H22F3N3O3.C16H11F3N2O2.C10H13NO2.CH4/c1-16(25(34)35-2)18-7-11-21(12-8-18)31-24(33)22-15-30-32-13-3-4-19(23(22)32)14-17-5-9-20(10-6-17)26(27,28)29;17-16(18,19)12-5-3-10(4-6-12)8-11-2-1-7-21-14(11)13(9-20-21)15(22)23;1-7(10(12)13-2)8-3-5-9(11)6-4-8;/h3-13,15-16H,14H2,1-2H3,(H,31,33);1-7,9H,8H2,(H,22,23);3-7H,11H2,1-2H3;1H4. The van der Waals surface area contributed by atoms with Crippen LogP contribution in [0.2, 0.25) is 0 Å². The number of benzene rings is 4. The first kappa shape index (κ1) is 54.5. The number of esters is 2. The van der Waals surface area contributed by atoms with Crippen molar-refractivity contribution < 1.29 is 60.1 Å². The van der Waals surface area contributed by atoms with Gasteiger partial charge in [0.05, 0.1) is 66.2 Å². The number of methoxy groups -OCH3 is 2. The average Bonchev–Trinajstić information content (AvgIpc) is 4.01. The zero-order valence-corrected chi connectivity index (χ0v) is 38.5. The summed E-state index contributed by atoms with van der Waals surface area (Å²) < 4.78 is 88.7. The number of aromatic nitrogens is 4. The smallest absolute Gasteiger partial charge is 0.416 e. The zero-order valence-electron chi connectivity index (χ0n) is 38.5. The Hall–Kier alpha value is -8.48. The molecule has 0 aliphatic heterocycles. The number of hydrogen-bond donors (Lipinski definition) is 3. The van der Waals surface area contributed by atoms with Gasteiger partial charge < -0.3 is 25.6 Å². The number of nitrogens with zero attached hydrogens (tertiary/aromatic N) is 4. The number of carbonyl (C=O) groups excluding carboxylic acids is 3. The molecule has 0 bridgehead atoms. The van der Waals surface area contributed by atoms with Crippen LogP contribution < -0.4 is 11.1 Å². The molecule has 19 heteroatoms. The highest BCUT2D eigenvalue weighted by Gasteiger charge is 2.31. The van der Waals surface area contributed by atoms with E-state index in [4.69, 9.17) is 10.5 Å². The quantitative estimate of drug-likeness (QED) is 0.0641. The molecule has 4 heterocycles. The third-order valence-electron chi connectivity index (χ3n) is 11.3. The highest BCUT2D eigenvalue weighted by Crippen LogP contribution is 2.31. The maximum atomic E-state index is 13.1. The number of rotatable bonds is 11.